The zero-order valence-corrected chi connectivity index (χ0v) is 11.2. The first-order valence-electron chi connectivity index (χ1n) is 5.76. The Morgan fingerprint density at radius 2 is 1.94 bits per heavy atom. The maximum atomic E-state index is 10.8. The van der Waals surface area contributed by atoms with Crippen molar-refractivity contribution in [1.82, 2.24) is 4.90 Å². The number of nitrogens with zero attached hydrogens (tertiary/aromatic N) is 1. The lowest BCUT2D eigenvalue weighted by atomic mass is 10.00. The van der Waals surface area contributed by atoms with Gasteiger partial charge in [-0.1, -0.05) is 24.3 Å². The summed E-state index contributed by atoms with van der Waals surface area (Å²) in [4.78, 5) is 2.28. The van der Waals surface area contributed by atoms with Crippen molar-refractivity contribution in [3.05, 3.63) is 35.4 Å². The zero-order valence-electron chi connectivity index (χ0n) is 9.60. The lowest BCUT2D eigenvalue weighted by molar-refractivity contribution is 0.255. The summed E-state index contributed by atoms with van der Waals surface area (Å²) in [6, 6.07) is 8.41. The Hall–Kier alpha value is -0.580. The summed E-state index contributed by atoms with van der Waals surface area (Å²) in [6.45, 7) is 2.71. The molecule has 2 rings (SSSR count). The van der Waals surface area contributed by atoms with E-state index >= 15 is 0 Å². The first-order chi connectivity index (χ1) is 8.04. The van der Waals surface area contributed by atoms with Crippen molar-refractivity contribution in [2.45, 2.75) is 19.4 Å². The summed E-state index contributed by atoms with van der Waals surface area (Å²) in [7, 11) is 1.85. The highest BCUT2D eigenvalue weighted by Crippen LogP contribution is 2.18. The Morgan fingerprint density at radius 1 is 1.24 bits per heavy atom. The second-order valence-corrected chi connectivity index (χ2v) is 7.29. The molecule has 0 saturated carbocycles. The Morgan fingerprint density at radius 3 is 2.65 bits per heavy atom. The second-order valence-electron chi connectivity index (χ2n) is 4.39. The van der Waals surface area contributed by atoms with Gasteiger partial charge >= 0.3 is 0 Å². The number of halogens is 1. The SMILES string of the molecule is O=S(=O)(Cl)CCCN1CCc2ccccc2C1. The molecule has 0 fully saturated rings. The highest BCUT2D eigenvalue weighted by molar-refractivity contribution is 8.13. The summed E-state index contributed by atoms with van der Waals surface area (Å²) in [6.07, 6.45) is 1.65. The van der Waals surface area contributed by atoms with Crippen LogP contribution >= 0.6 is 10.7 Å². The van der Waals surface area contributed by atoms with Crippen LogP contribution in [0, 0.1) is 0 Å². The average Bonchev–Trinajstić information content (AvgIpc) is 2.27. The van der Waals surface area contributed by atoms with Crippen LogP contribution in [0.4, 0.5) is 0 Å². The molecule has 17 heavy (non-hydrogen) atoms. The molecule has 0 atom stereocenters. The number of rotatable bonds is 4. The maximum absolute atomic E-state index is 10.8. The van der Waals surface area contributed by atoms with Gasteiger partial charge in [-0.25, -0.2) is 8.42 Å². The topological polar surface area (TPSA) is 37.4 Å². The summed E-state index contributed by atoms with van der Waals surface area (Å²) in [5, 5.41) is 0. The smallest absolute Gasteiger partial charge is 0.232 e. The molecule has 0 aromatic heterocycles. The van der Waals surface area contributed by atoms with Gasteiger partial charge in [-0.2, -0.15) is 0 Å². The molecule has 1 aliphatic rings. The van der Waals surface area contributed by atoms with E-state index in [0.29, 0.717) is 6.42 Å². The molecule has 1 aromatic carbocycles. The van der Waals surface area contributed by atoms with E-state index in [1.165, 1.54) is 11.1 Å². The minimum absolute atomic E-state index is 0.0622. The zero-order chi connectivity index (χ0) is 12.3. The standard InChI is InChI=1S/C12H16ClNO2S/c13-17(15,16)9-3-7-14-8-6-11-4-1-2-5-12(11)10-14/h1-2,4-5H,3,6-10H2. The predicted octanol–water partition coefficient (Wildman–Crippen LogP) is 2.00. The van der Waals surface area contributed by atoms with Crippen LogP contribution in [0.1, 0.15) is 17.5 Å². The molecule has 1 aliphatic heterocycles. The molecule has 1 heterocycles. The highest BCUT2D eigenvalue weighted by Gasteiger charge is 2.15. The molecule has 0 radical (unpaired) electrons. The van der Waals surface area contributed by atoms with Crippen molar-refractivity contribution < 1.29 is 8.42 Å². The van der Waals surface area contributed by atoms with Gasteiger partial charge in [0.15, 0.2) is 0 Å². The molecule has 94 valence electrons. The number of hydrogen-bond acceptors (Lipinski definition) is 3. The third-order valence-electron chi connectivity index (χ3n) is 3.07. The van der Waals surface area contributed by atoms with Crippen molar-refractivity contribution in [3.8, 4) is 0 Å². The number of hydrogen-bond donors (Lipinski definition) is 0. The second kappa shape index (κ2) is 5.38. The van der Waals surface area contributed by atoms with Crippen LogP contribution in [0.3, 0.4) is 0 Å². The first-order valence-corrected chi connectivity index (χ1v) is 8.24. The van der Waals surface area contributed by atoms with Crippen LogP contribution in [-0.4, -0.2) is 32.2 Å². The van der Waals surface area contributed by atoms with E-state index < -0.39 is 9.05 Å². The largest absolute Gasteiger partial charge is 0.299 e. The molecular weight excluding hydrogens is 258 g/mol. The minimum atomic E-state index is -3.34. The van der Waals surface area contributed by atoms with E-state index in [9.17, 15) is 8.42 Å². The van der Waals surface area contributed by atoms with Crippen molar-refractivity contribution in [1.29, 1.82) is 0 Å². The fraction of sp³-hybridized carbons (Fsp3) is 0.500. The Balaban J connectivity index is 1.86. The van der Waals surface area contributed by atoms with Crippen molar-refractivity contribution in [2.75, 3.05) is 18.8 Å². The van der Waals surface area contributed by atoms with Gasteiger partial charge in [0.05, 0.1) is 5.75 Å². The Kier molecular flexibility index (Phi) is 4.07. The van der Waals surface area contributed by atoms with E-state index in [4.69, 9.17) is 10.7 Å². The van der Waals surface area contributed by atoms with Crippen molar-refractivity contribution in [3.63, 3.8) is 0 Å². The number of benzene rings is 1. The average molecular weight is 274 g/mol. The summed E-state index contributed by atoms with van der Waals surface area (Å²) < 4.78 is 21.6. The minimum Gasteiger partial charge on any atom is -0.299 e. The fourth-order valence-electron chi connectivity index (χ4n) is 2.21. The molecule has 0 amide bonds. The number of fused-ring (bicyclic) bond motifs is 1. The molecule has 1 aromatic rings. The lowest BCUT2D eigenvalue weighted by Gasteiger charge is -2.28. The highest BCUT2D eigenvalue weighted by atomic mass is 35.7. The summed E-state index contributed by atoms with van der Waals surface area (Å²) in [5.41, 5.74) is 2.76. The normalized spacial score (nSPS) is 16.8. The third kappa shape index (κ3) is 3.98. The van der Waals surface area contributed by atoms with Gasteiger partial charge < -0.3 is 0 Å². The summed E-state index contributed by atoms with van der Waals surface area (Å²) in [5.74, 6) is 0.0622. The predicted molar refractivity (Wildman–Crippen MR) is 69.7 cm³/mol. The van der Waals surface area contributed by atoms with Crippen LogP contribution in [0.15, 0.2) is 24.3 Å². The Bertz CT molecular complexity index is 487. The molecule has 0 spiro atoms. The molecule has 5 heteroatoms. The molecule has 0 saturated heterocycles. The first kappa shape index (κ1) is 12.9. The van der Waals surface area contributed by atoms with Crippen LogP contribution in [-0.2, 0) is 22.0 Å². The van der Waals surface area contributed by atoms with E-state index in [1.54, 1.807) is 0 Å². The maximum Gasteiger partial charge on any atom is 0.232 e. The van der Waals surface area contributed by atoms with E-state index in [1.807, 2.05) is 6.07 Å². The van der Waals surface area contributed by atoms with E-state index in [-0.39, 0.29) is 5.75 Å². The molecule has 0 bridgehead atoms. The monoisotopic (exact) mass is 273 g/mol. The quantitative estimate of drug-likeness (QED) is 0.788. The van der Waals surface area contributed by atoms with Gasteiger partial charge in [0, 0.05) is 23.8 Å². The Labute approximate surface area is 107 Å². The van der Waals surface area contributed by atoms with Gasteiger partial charge in [-0.3, -0.25) is 4.90 Å². The molecule has 0 N–H and O–H groups in total. The molecule has 0 unspecified atom stereocenters. The van der Waals surface area contributed by atoms with Crippen LogP contribution in [0.2, 0.25) is 0 Å². The van der Waals surface area contributed by atoms with Gasteiger partial charge in [0.2, 0.25) is 9.05 Å². The van der Waals surface area contributed by atoms with Crippen molar-refractivity contribution >= 4 is 19.7 Å². The van der Waals surface area contributed by atoms with Crippen LogP contribution in [0.25, 0.3) is 0 Å². The lowest BCUT2D eigenvalue weighted by Crippen LogP contribution is -2.31. The van der Waals surface area contributed by atoms with Crippen LogP contribution in [0.5, 0.6) is 0 Å². The van der Waals surface area contributed by atoms with Gasteiger partial charge in [0.1, 0.15) is 0 Å². The third-order valence-corrected chi connectivity index (χ3v) is 4.31. The van der Waals surface area contributed by atoms with Gasteiger partial charge in [-0.05, 0) is 30.5 Å². The molecular formula is C12H16ClNO2S. The summed E-state index contributed by atoms with van der Waals surface area (Å²) >= 11 is 0. The van der Waals surface area contributed by atoms with E-state index in [2.05, 4.69) is 23.1 Å². The fourth-order valence-corrected chi connectivity index (χ4v) is 3.01. The van der Waals surface area contributed by atoms with Crippen LogP contribution < -0.4 is 0 Å². The molecule has 0 aliphatic carbocycles. The van der Waals surface area contributed by atoms with Gasteiger partial charge in [-0.15, -0.1) is 0 Å². The van der Waals surface area contributed by atoms with Crippen molar-refractivity contribution in [2.24, 2.45) is 0 Å². The van der Waals surface area contributed by atoms with E-state index in [0.717, 1.165) is 26.1 Å². The molecule has 3 nitrogen and oxygen atoms in total. The van der Waals surface area contributed by atoms with Gasteiger partial charge in [0.25, 0.3) is 0 Å².